The molecule has 0 radical (unpaired) electrons. The molecule has 0 unspecified atom stereocenters. The van der Waals surface area contributed by atoms with Crippen LogP contribution in [0.25, 0.3) is 28.0 Å². The van der Waals surface area contributed by atoms with Crippen LogP contribution >= 0.6 is 0 Å². The van der Waals surface area contributed by atoms with E-state index in [-0.39, 0.29) is 23.9 Å². The third-order valence-electron chi connectivity index (χ3n) is 11.4. The Kier molecular flexibility index (Phi) is 11.8. The lowest BCUT2D eigenvalue weighted by atomic mass is 9.99. The number of hydrogen-bond acceptors (Lipinski definition) is 9. The highest BCUT2D eigenvalue weighted by Gasteiger charge is 2.39. The van der Waals surface area contributed by atoms with Crippen LogP contribution in [0, 0.1) is 0 Å². The van der Waals surface area contributed by atoms with Crippen LogP contribution in [0.3, 0.4) is 0 Å². The molecule has 2 aromatic heterocycles. The van der Waals surface area contributed by atoms with Gasteiger partial charge in [0, 0.05) is 48.8 Å². The summed E-state index contributed by atoms with van der Waals surface area (Å²) in [6, 6.07) is 28.3. The van der Waals surface area contributed by atoms with E-state index in [0.29, 0.717) is 36.5 Å². The lowest BCUT2D eigenvalue weighted by Gasteiger charge is -2.29. The first-order valence-electron chi connectivity index (χ1n) is 20.1. The second-order valence-electron chi connectivity index (χ2n) is 15.0. The van der Waals surface area contributed by atoms with Gasteiger partial charge in [-0.15, -0.1) is 0 Å². The molecule has 60 heavy (non-hydrogen) atoms. The molecule has 4 atom stereocenters. The normalized spacial score (nSPS) is 18.3. The summed E-state index contributed by atoms with van der Waals surface area (Å²) >= 11 is 0. The number of H-pyrrole nitrogens is 1. The molecule has 0 spiro atoms. The van der Waals surface area contributed by atoms with Crippen LogP contribution in [0.1, 0.15) is 72.9 Å². The van der Waals surface area contributed by atoms with Gasteiger partial charge >= 0.3 is 12.2 Å². The molecular weight excluding hydrogens is 761 g/mol. The average molecular weight is 807 g/mol. The van der Waals surface area contributed by atoms with Crippen LogP contribution in [0.2, 0.25) is 0 Å². The molecule has 3 N–H and O–H groups in total. The fourth-order valence-electron chi connectivity index (χ4n) is 8.30. The number of nitrogens with one attached hydrogen (secondary N) is 3. The highest BCUT2D eigenvalue weighted by Crippen LogP contribution is 2.35. The van der Waals surface area contributed by atoms with E-state index in [1.807, 2.05) is 114 Å². The van der Waals surface area contributed by atoms with Gasteiger partial charge in [0.2, 0.25) is 5.91 Å². The van der Waals surface area contributed by atoms with Crippen LogP contribution in [-0.2, 0) is 19.1 Å². The van der Waals surface area contributed by atoms with E-state index in [2.05, 4.69) is 15.6 Å². The molecule has 5 heterocycles. The number of alkyl carbamates (subject to hydrolysis) is 2. The number of rotatable bonds is 11. The Bertz CT molecular complexity index is 2400. The fraction of sp³-hybridized carbons (Fsp3) is 0.283. The number of carbonyl (C=O) groups is 4. The van der Waals surface area contributed by atoms with E-state index < -0.39 is 24.3 Å². The van der Waals surface area contributed by atoms with Gasteiger partial charge in [-0.2, -0.15) is 0 Å². The predicted molar refractivity (Wildman–Crippen MR) is 225 cm³/mol. The zero-order chi connectivity index (χ0) is 41.6. The molecule has 2 fully saturated rings. The second-order valence-corrected chi connectivity index (χ2v) is 15.0. The first-order chi connectivity index (χ1) is 29.3. The molecule has 306 valence electrons. The van der Waals surface area contributed by atoms with E-state index in [1.54, 1.807) is 11.1 Å². The van der Waals surface area contributed by atoms with E-state index in [0.717, 1.165) is 65.0 Å². The Balaban J connectivity index is 0.900. The minimum atomic E-state index is -0.886. The van der Waals surface area contributed by atoms with Crippen LogP contribution in [0.4, 0.5) is 9.59 Å². The number of carbonyl (C=O) groups excluding carboxylic acids is 4. The SMILES string of the molecule is COC(=O)N[C@@H](C(=O)N1CCC[C@H]1C1=NC=C(c2ccc(-c3ccc(-c4cnc([C@@H]5CCCN5C(=O)[C@H](NC(=O)OC)c5ccccc5)[nH]4)cc3)cn2)C1)c1ccccc1. The van der Waals surface area contributed by atoms with Crippen LogP contribution in [0.15, 0.2) is 121 Å². The summed E-state index contributed by atoms with van der Waals surface area (Å²) in [6.07, 6.45) is 7.91. The van der Waals surface area contributed by atoms with E-state index >= 15 is 0 Å². The van der Waals surface area contributed by atoms with Crippen molar-refractivity contribution < 1.29 is 28.7 Å². The standard InChI is InChI=1S/C46H46N8O6/c1-59-45(57)51-40(31-11-5-3-6-12-31)43(55)53-23-9-15-38(53)36-25-34(27-48-36)35-22-21-33(26-47-35)29-17-19-30(20-18-29)37-28-49-42(50-37)39-16-10-24-54(39)44(56)41(52-46(58)60-2)32-13-7-4-8-14-32/h3-8,11-14,17-22,26-28,38-41H,9-10,15-16,23-25H2,1-2H3,(H,49,50)(H,51,57)(H,52,58)/t38-,39-,40+,41+/m0/s1. The lowest BCUT2D eigenvalue weighted by molar-refractivity contribution is -0.135. The van der Waals surface area contributed by atoms with Gasteiger partial charge < -0.3 is 34.9 Å². The smallest absolute Gasteiger partial charge is 0.407 e. The maximum Gasteiger partial charge on any atom is 0.407 e. The molecule has 14 nitrogen and oxygen atoms in total. The van der Waals surface area contributed by atoms with Crippen LogP contribution in [-0.4, -0.2) is 87.8 Å². The Hall–Kier alpha value is -7.09. The van der Waals surface area contributed by atoms with Gasteiger partial charge in [-0.3, -0.25) is 19.6 Å². The number of hydrogen-bond donors (Lipinski definition) is 3. The number of aromatic nitrogens is 3. The van der Waals surface area contributed by atoms with Crippen LogP contribution in [0.5, 0.6) is 0 Å². The third-order valence-corrected chi connectivity index (χ3v) is 11.4. The van der Waals surface area contributed by atoms with Crippen molar-refractivity contribution in [1.82, 2.24) is 35.4 Å². The third kappa shape index (κ3) is 8.39. The number of aliphatic imine (C=N–C) groups is 1. The number of imidazole rings is 1. The summed E-state index contributed by atoms with van der Waals surface area (Å²) in [6.45, 7) is 1.12. The summed E-state index contributed by atoms with van der Waals surface area (Å²) < 4.78 is 9.66. The van der Waals surface area contributed by atoms with Gasteiger partial charge in [-0.1, -0.05) is 91.0 Å². The van der Waals surface area contributed by atoms with Gasteiger partial charge in [0.15, 0.2) is 0 Å². The van der Waals surface area contributed by atoms with Gasteiger partial charge in [-0.05, 0) is 54.0 Å². The quantitative estimate of drug-likeness (QED) is 0.126. The van der Waals surface area contributed by atoms with Crippen molar-refractivity contribution in [3.8, 4) is 22.4 Å². The van der Waals surface area contributed by atoms with Gasteiger partial charge in [0.1, 0.15) is 17.9 Å². The van der Waals surface area contributed by atoms with E-state index in [9.17, 15) is 19.2 Å². The summed E-state index contributed by atoms with van der Waals surface area (Å²) in [5.41, 5.74) is 7.81. The lowest BCUT2D eigenvalue weighted by Crippen LogP contribution is -2.47. The van der Waals surface area contributed by atoms with E-state index in [1.165, 1.54) is 14.2 Å². The highest BCUT2D eigenvalue weighted by molar-refractivity contribution is 6.03. The number of amides is 4. The zero-order valence-electron chi connectivity index (χ0n) is 33.4. The summed E-state index contributed by atoms with van der Waals surface area (Å²) in [7, 11) is 2.56. The molecular formula is C46H46N8O6. The Morgan fingerprint density at radius 2 is 1.22 bits per heavy atom. The van der Waals surface area contributed by atoms with Gasteiger partial charge in [-0.25, -0.2) is 14.6 Å². The molecule has 14 heteroatoms. The number of likely N-dealkylation sites (tertiary alicyclic amines) is 2. The van der Waals surface area contributed by atoms with Gasteiger partial charge in [0.25, 0.3) is 5.91 Å². The summed E-state index contributed by atoms with van der Waals surface area (Å²) in [4.78, 5) is 73.6. The average Bonchev–Trinajstić information content (AvgIpc) is 4.15. The maximum atomic E-state index is 13.9. The molecule has 2 saturated heterocycles. The predicted octanol–water partition coefficient (Wildman–Crippen LogP) is 7.17. The monoisotopic (exact) mass is 806 g/mol. The molecule has 4 amide bonds. The van der Waals surface area contributed by atoms with Crippen molar-refractivity contribution in [3.05, 3.63) is 138 Å². The number of pyridine rings is 1. The molecule has 0 bridgehead atoms. The Morgan fingerprint density at radius 3 is 1.78 bits per heavy atom. The number of benzene rings is 3. The summed E-state index contributed by atoms with van der Waals surface area (Å²) in [5, 5.41) is 5.43. The van der Waals surface area contributed by atoms with Crippen molar-refractivity contribution in [2.45, 2.75) is 56.3 Å². The van der Waals surface area contributed by atoms with Crippen LogP contribution < -0.4 is 10.6 Å². The zero-order valence-corrected chi connectivity index (χ0v) is 33.4. The number of methoxy groups -OCH3 is 2. The second kappa shape index (κ2) is 17.8. The molecule has 8 rings (SSSR count). The molecule has 5 aromatic rings. The first kappa shape index (κ1) is 39.7. The molecule has 0 aliphatic carbocycles. The Morgan fingerprint density at radius 1 is 0.667 bits per heavy atom. The minimum absolute atomic E-state index is 0.178. The molecule has 3 aliphatic rings. The topological polar surface area (TPSA) is 171 Å². The van der Waals surface area contributed by atoms with Crippen molar-refractivity contribution in [1.29, 1.82) is 0 Å². The molecule has 0 saturated carbocycles. The number of aromatic amines is 1. The van der Waals surface area contributed by atoms with Gasteiger partial charge in [0.05, 0.1) is 43.9 Å². The maximum absolute atomic E-state index is 13.9. The van der Waals surface area contributed by atoms with Crippen molar-refractivity contribution in [3.63, 3.8) is 0 Å². The number of nitrogens with zero attached hydrogens (tertiary/aromatic N) is 5. The van der Waals surface area contributed by atoms with Crippen molar-refractivity contribution in [2.24, 2.45) is 4.99 Å². The number of allylic oxidation sites excluding steroid dienone is 1. The summed E-state index contributed by atoms with van der Waals surface area (Å²) in [5.74, 6) is 0.282. The minimum Gasteiger partial charge on any atom is -0.453 e. The molecule has 3 aromatic carbocycles. The largest absolute Gasteiger partial charge is 0.453 e. The van der Waals surface area contributed by atoms with E-state index in [4.69, 9.17) is 24.4 Å². The van der Waals surface area contributed by atoms with Crippen molar-refractivity contribution >= 4 is 35.3 Å². The molecule has 3 aliphatic heterocycles. The fourth-order valence-corrected chi connectivity index (χ4v) is 8.30. The first-order valence-corrected chi connectivity index (χ1v) is 20.1. The Labute approximate surface area is 347 Å². The highest BCUT2D eigenvalue weighted by atomic mass is 16.5. The van der Waals surface area contributed by atoms with Crippen molar-refractivity contribution in [2.75, 3.05) is 27.3 Å². The number of ether oxygens (including phenoxy) is 2.